The number of ether oxygens (including phenoxy) is 2. The Morgan fingerprint density at radius 2 is 2.00 bits per heavy atom. The molecule has 1 atom stereocenters. The molecule has 0 spiro atoms. The molecule has 1 aliphatic rings. The van der Waals surface area contributed by atoms with Crippen LogP contribution in [0, 0.1) is 5.92 Å². The molecule has 1 fully saturated rings. The van der Waals surface area contributed by atoms with Crippen molar-refractivity contribution >= 4 is 18.3 Å². The van der Waals surface area contributed by atoms with Gasteiger partial charge in [0.25, 0.3) is 0 Å². The van der Waals surface area contributed by atoms with Crippen molar-refractivity contribution in [3.05, 3.63) is 0 Å². The highest BCUT2D eigenvalue weighted by molar-refractivity contribution is 5.85. The molecule has 1 heterocycles. The Morgan fingerprint density at radius 1 is 1.39 bits per heavy atom. The molecule has 0 aliphatic carbocycles. The molecule has 1 amide bonds. The minimum absolute atomic E-state index is 0. The van der Waals surface area contributed by atoms with Gasteiger partial charge in [-0.3, -0.25) is 4.79 Å². The molecule has 1 unspecified atom stereocenters. The lowest BCUT2D eigenvalue weighted by Crippen LogP contribution is -2.43. The van der Waals surface area contributed by atoms with E-state index in [1.807, 2.05) is 11.8 Å². The van der Waals surface area contributed by atoms with Gasteiger partial charge in [0.2, 0.25) is 5.91 Å². The van der Waals surface area contributed by atoms with E-state index >= 15 is 0 Å². The van der Waals surface area contributed by atoms with E-state index in [0.29, 0.717) is 19.1 Å². The van der Waals surface area contributed by atoms with Crippen molar-refractivity contribution in [1.29, 1.82) is 0 Å². The Bertz CT molecular complexity index is 231. The second kappa shape index (κ2) is 9.55. The fraction of sp³-hybridized carbons (Fsp3) is 0.917. The van der Waals surface area contributed by atoms with Gasteiger partial charge in [0.05, 0.1) is 13.2 Å². The molecule has 18 heavy (non-hydrogen) atoms. The quantitative estimate of drug-likeness (QED) is 0.726. The summed E-state index contributed by atoms with van der Waals surface area (Å²) in [5, 5.41) is 0. The standard InChI is InChI=1S/C12H24N2O3.ClH/c1-10(13)11-3-5-14(6-4-11)12(15)9-17-8-7-16-2;/h10-11H,3-9,13H2,1-2H3;1H. The number of carbonyl (C=O) groups is 1. The largest absolute Gasteiger partial charge is 0.382 e. The Balaban J connectivity index is 0.00000289. The number of carbonyl (C=O) groups excluding carboxylic acids is 1. The Morgan fingerprint density at radius 3 is 2.50 bits per heavy atom. The van der Waals surface area contributed by atoms with E-state index < -0.39 is 0 Å². The Labute approximate surface area is 115 Å². The van der Waals surface area contributed by atoms with E-state index in [1.54, 1.807) is 7.11 Å². The molecule has 108 valence electrons. The van der Waals surface area contributed by atoms with E-state index in [4.69, 9.17) is 15.2 Å². The SMILES string of the molecule is COCCOCC(=O)N1CCC(C(C)N)CC1.Cl. The van der Waals surface area contributed by atoms with Gasteiger partial charge in [0.1, 0.15) is 6.61 Å². The Hall–Kier alpha value is -0.360. The molecule has 0 aromatic rings. The molecule has 1 rings (SSSR count). The smallest absolute Gasteiger partial charge is 0.248 e. The second-order valence-electron chi connectivity index (χ2n) is 4.62. The van der Waals surface area contributed by atoms with Gasteiger partial charge in [-0.2, -0.15) is 0 Å². The van der Waals surface area contributed by atoms with Crippen molar-refractivity contribution in [1.82, 2.24) is 4.90 Å². The summed E-state index contributed by atoms with van der Waals surface area (Å²) in [5.74, 6) is 0.623. The number of nitrogens with two attached hydrogens (primary N) is 1. The fourth-order valence-corrected chi connectivity index (χ4v) is 2.07. The van der Waals surface area contributed by atoms with Crippen LogP contribution in [0.25, 0.3) is 0 Å². The summed E-state index contributed by atoms with van der Waals surface area (Å²) in [7, 11) is 1.62. The van der Waals surface area contributed by atoms with Crippen molar-refractivity contribution in [2.75, 3.05) is 40.0 Å². The number of nitrogens with zero attached hydrogens (tertiary/aromatic N) is 1. The van der Waals surface area contributed by atoms with Gasteiger partial charge in [-0.15, -0.1) is 12.4 Å². The third kappa shape index (κ3) is 6.00. The zero-order chi connectivity index (χ0) is 12.7. The van der Waals surface area contributed by atoms with Crippen LogP contribution >= 0.6 is 12.4 Å². The van der Waals surface area contributed by atoms with Gasteiger partial charge in [0.15, 0.2) is 0 Å². The topological polar surface area (TPSA) is 64.8 Å². The summed E-state index contributed by atoms with van der Waals surface area (Å²) >= 11 is 0. The number of hydrogen-bond acceptors (Lipinski definition) is 4. The summed E-state index contributed by atoms with van der Waals surface area (Å²) in [5.41, 5.74) is 5.86. The first kappa shape index (κ1) is 17.6. The maximum Gasteiger partial charge on any atom is 0.248 e. The van der Waals surface area contributed by atoms with Crippen molar-refractivity contribution in [3.8, 4) is 0 Å². The van der Waals surface area contributed by atoms with Crippen LogP contribution in [0.5, 0.6) is 0 Å². The second-order valence-corrected chi connectivity index (χ2v) is 4.62. The molecule has 5 nitrogen and oxygen atoms in total. The average Bonchev–Trinajstić information content (AvgIpc) is 2.34. The molecule has 0 aromatic carbocycles. The molecule has 0 radical (unpaired) electrons. The van der Waals surface area contributed by atoms with E-state index in [-0.39, 0.29) is 31.0 Å². The van der Waals surface area contributed by atoms with Crippen LogP contribution in [0.4, 0.5) is 0 Å². The lowest BCUT2D eigenvalue weighted by molar-refractivity contribution is -0.138. The van der Waals surface area contributed by atoms with Crippen LogP contribution in [-0.4, -0.2) is 56.9 Å². The van der Waals surface area contributed by atoms with Gasteiger partial charge in [-0.25, -0.2) is 0 Å². The fourth-order valence-electron chi connectivity index (χ4n) is 2.07. The van der Waals surface area contributed by atoms with Gasteiger partial charge in [-0.1, -0.05) is 0 Å². The number of methoxy groups -OCH3 is 1. The monoisotopic (exact) mass is 280 g/mol. The first-order valence-electron chi connectivity index (χ1n) is 6.25. The van der Waals surface area contributed by atoms with Crippen LogP contribution < -0.4 is 5.73 Å². The first-order chi connectivity index (χ1) is 8.15. The highest BCUT2D eigenvalue weighted by Crippen LogP contribution is 2.19. The zero-order valence-corrected chi connectivity index (χ0v) is 12.1. The van der Waals surface area contributed by atoms with Crippen LogP contribution in [0.3, 0.4) is 0 Å². The minimum atomic E-state index is 0. The lowest BCUT2D eigenvalue weighted by atomic mass is 9.91. The normalized spacial score (nSPS) is 18.3. The maximum absolute atomic E-state index is 11.8. The van der Waals surface area contributed by atoms with Crippen LogP contribution in [0.1, 0.15) is 19.8 Å². The third-order valence-corrected chi connectivity index (χ3v) is 3.29. The molecule has 1 aliphatic heterocycles. The first-order valence-corrected chi connectivity index (χ1v) is 6.25. The van der Waals surface area contributed by atoms with Crippen LogP contribution in [0.2, 0.25) is 0 Å². The summed E-state index contributed by atoms with van der Waals surface area (Å²) in [6.45, 7) is 4.80. The summed E-state index contributed by atoms with van der Waals surface area (Å²) in [4.78, 5) is 13.6. The van der Waals surface area contributed by atoms with Crippen molar-refractivity contribution in [2.24, 2.45) is 11.7 Å². The molecular weight excluding hydrogens is 256 g/mol. The van der Waals surface area contributed by atoms with Crippen molar-refractivity contribution in [2.45, 2.75) is 25.8 Å². The van der Waals surface area contributed by atoms with Crippen molar-refractivity contribution < 1.29 is 14.3 Å². The van der Waals surface area contributed by atoms with E-state index in [0.717, 1.165) is 25.9 Å². The summed E-state index contributed by atoms with van der Waals surface area (Å²) in [6, 6.07) is 0.227. The predicted octanol–water partition coefficient (Wildman–Crippen LogP) is 0.657. The average molecular weight is 281 g/mol. The molecule has 6 heteroatoms. The molecule has 0 saturated carbocycles. The molecule has 2 N–H and O–H groups in total. The van der Waals surface area contributed by atoms with Crippen LogP contribution in [0.15, 0.2) is 0 Å². The van der Waals surface area contributed by atoms with Gasteiger partial charge < -0.3 is 20.1 Å². The summed E-state index contributed by atoms with van der Waals surface area (Å²) in [6.07, 6.45) is 2.00. The van der Waals surface area contributed by atoms with E-state index in [2.05, 4.69) is 0 Å². The summed E-state index contributed by atoms with van der Waals surface area (Å²) < 4.78 is 10.1. The van der Waals surface area contributed by atoms with Gasteiger partial charge in [0, 0.05) is 26.2 Å². The molecule has 0 aromatic heterocycles. The van der Waals surface area contributed by atoms with Crippen LogP contribution in [-0.2, 0) is 14.3 Å². The molecule has 0 bridgehead atoms. The minimum Gasteiger partial charge on any atom is -0.382 e. The number of rotatable bonds is 6. The van der Waals surface area contributed by atoms with Crippen molar-refractivity contribution in [3.63, 3.8) is 0 Å². The number of hydrogen-bond donors (Lipinski definition) is 1. The number of piperidine rings is 1. The Kier molecular flexibility index (Phi) is 9.36. The zero-order valence-electron chi connectivity index (χ0n) is 11.3. The highest BCUT2D eigenvalue weighted by atomic mass is 35.5. The predicted molar refractivity (Wildman–Crippen MR) is 72.9 cm³/mol. The number of likely N-dealkylation sites (tertiary alicyclic amines) is 1. The maximum atomic E-state index is 11.8. The lowest BCUT2D eigenvalue weighted by Gasteiger charge is -2.33. The van der Waals surface area contributed by atoms with E-state index in [9.17, 15) is 4.79 Å². The third-order valence-electron chi connectivity index (χ3n) is 3.29. The molecule has 1 saturated heterocycles. The highest BCUT2D eigenvalue weighted by Gasteiger charge is 2.24. The van der Waals surface area contributed by atoms with E-state index in [1.165, 1.54) is 0 Å². The number of amides is 1. The van der Waals surface area contributed by atoms with Gasteiger partial charge in [-0.05, 0) is 25.7 Å². The van der Waals surface area contributed by atoms with Gasteiger partial charge >= 0.3 is 0 Å². The number of halogens is 1. The molecular formula is C12H25ClN2O3.